The molecule has 0 spiro atoms. The van der Waals surface area contributed by atoms with Crippen LogP contribution in [-0.4, -0.2) is 45.9 Å². The highest BCUT2D eigenvalue weighted by atomic mass is 35.5. The number of ether oxygens (including phenoxy) is 2. The number of nitrogens with zero attached hydrogens (tertiary/aromatic N) is 1. The quantitative estimate of drug-likeness (QED) is 0.607. The van der Waals surface area contributed by atoms with Crippen LogP contribution in [0.4, 0.5) is 0 Å². The van der Waals surface area contributed by atoms with Gasteiger partial charge < -0.3 is 20.1 Å². The lowest BCUT2D eigenvalue weighted by atomic mass is 9.73. The summed E-state index contributed by atoms with van der Waals surface area (Å²) in [6.45, 7) is 2.26. The molecule has 0 bridgehead atoms. The average molecular weight is 380 g/mol. The van der Waals surface area contributed by atoms with Crippen molar-refractivity contribution >= 4 is 17.6 Å². The minimum absolute atomic E-state index is 0.0816. The van der Waals surface area contributed by atoms with Gasteiger partial charge in [-0.1, -0.05) is 24.4 Å². The Hall–Kier alpha value is -1.46. The van der Waals surface area contributed by atoms with E-state index in [4.69, 9.17) is 21.1 Å². The maximum atomic E-state index is 6.32. The molecule has 1 heterocycles. The van der Waals surface area contributed by atoms with E-state index in [1.165, 1.54) is 25.7 Å². The van der Waals surface area contributed by atoms with Crippen LogP contribution in [0, 0.1) is 0 Å². The maximum absolute atomic E-state index is 6.32. The minimum Gasteiger partial charge on any atom is -0.496 e. The average Bonchev–Trinajstić information content (AvgIpc) is 3.19. The summed E-state index contributed by atoms with van der Waals surface area (Å²) in [6.07, 6.45) is 6.91. The number of rotatable bonds is 5. The Balaban J connectivity index is 1.78. The fourth-order valence-electron chi connectivity index (χ4n) is 4.11. The van der Waals surface area contributed by atoms with Crippen molar-refractivity contribution in [2.24, 2.45) is 4.99 Å². The molecule has 0 aromatic heterocycles. The van der Waals surface area contributed by atoms with Crippen LogP contribution in [0.2, 0.25) is 5.02 Å². The SMILES string of the molecule is CN=C(NCC1(c2cc(Cl)ccc2OC)CCOCC1)NC1CCCC1. The van der Waals surface area contributed by atoms with Crippen molar-refractivity contribution in [1.29, 1.82) is 0 Å². The second kappa shape index (κ2) is 8.96. The molecule has 2 fully saturated rings. The van der Waals surface area contributed by atoms with Gasteiger partial charge >= 0.3 is 0 Å². The van der Waals surface area contributed by atoms with Crippen LogP contribution in [-0.2, 0) is 10.2 Å². The summed E-state index contributed by atoms with van der Waals surface area (Å²) in [5.74, 6) is 1.76. The van der Waals surface area contributed by atoms with Gasteiger partial charge in [0.1, 0.15) is 5.75 Å². The van der Waals surface area contributed by atoms with Gasteiger partial charge in [0.15, 0.2) is 5.96 Å². The van der Waals surface area contributed by atoms with Gasteiger partial charge in [0.25, 0.3) is 0 Å². The van der Waals surface area contributed by atoms with E-state index in [-0.39, 0.29) is 5.41 Å². The lowest BCUT2D eigenvalue weighted by Gasteiger charge is -2.39. The van der Waals surface area contributed by atoms with Crippen LogP contribution in [0.25, 0.3) is 0 Å². The van der Waals surface area contributed by atoms with Crippen LogP contribution >= 0.6 is 11.6 Å². The van der Waals surface area contributed by atoms with Crippen molar-refractivity contribution in [2.75, 3.05) is 33.9 Å². The summed E-state index contributed by atoms with van der Waals surface area (Å²) in [4.78, 5) is 4.43. The Bertz CT molecular complexity index is 623. The number of guanidine groups is 1. The number of aliphatic imine (C=N–C) groups is 1. The smallest absolute Gasteiger partial charge is 0.191 e. The molecule has 6 heteroatoms. The fraction of sp³-hybridized carbons (Fsp3) is 0.650. The van der Waals surface area contributed by atoms with Crippen LogP contribution in [0.1, 0.15) is 44.1 Å². The second-order valence-electron chi connectivity index (χ2n) is 7.29. The van der Waals surface area contributed by atoms with E-state index in [9.17, 15) is 0 Å². The van der Waals surface area contributed by atoms with Crippen molar-refractivity contribution in [3.63, 3.8) is 0 Å². The van der Waals surface area contributed by atoms with Gasteiger partial charge in [-0.3, -0.25) is 4.99 Å². The molecule has 0 radical (unpaired) electrons. The molecule has 1 aromatic carbocycles. The third kappa shape index (κ3) is 4.44. The predicted octanol–water partition coefficient (Wildman–Crippen LogP) is 3.50. The van der Waals surface area contributed by atoms with Crippen molar-refractivity contribution in [3.8, 4) is 5.75 Å². The molecule has 144 valence electrons. The Morgan fingerprint density at radius 1 is 1.31 bits per heavy atom. The Kier molecular flexibility index (Phi) is 6.65. The van der Waals surface area contributed by atoms with Crippen LogP contribution in [0.15, 0.2) is 23.2 Å². The zero-order chi connectivity index (χ0) is 18.4. The normalized spacial score (nSPS) is 20.8. The Morgan fingerprint density at radius 3 is 2.69 bits per heavy atom. The molecule has 0 atom stereocenters. The standard InChI is InChI=1S/C20H30ClN3O2/c1-22-19(24-16-5-3-4-6-16)23-14-20(9-11-26-12-10-20)17-13-15(21)7-8-18(17)25-2/h7-8,13,16H,3-6,9-12,14H2,1-2H3,(H2,22,23,24). The molecule has 0 amide bonds. The minimum atomic E-state index is -0.0816. The van der Waals surface area contributed by atoms with Gasteiger partial charge in [-0.25, -0.2) is 0 Å². The third-order valence-corrected chi connectivity index (χ3v) is 5.93. The molecule has 5 nitrogen and oxygen atoms in total. The summed E-state index contributed by atoms with van der Waals surface area (Å²) in [7, 11) is 3.55. The molecular formula is C20H30ClN3O2. The summed E-state index contributed by atoms with van der Waals surface area (Å²) in [6, 6.07) is 6.42. The Labute approximate surface area is 161 Å². The summed E-state index contributed by atoms with van der Waals surface area (Å²) in [5, 5.41) is 7.86. The van der Waals surface area contributed by atoms with Crippen LogP contribution in [0.3, 0.4) is 0 Å². The lowest BCUT2D eigenvalue weighted by Crippen LogP contribution is -2.49. The van der Waals surface area contributed by atoms with Crippen molar-refractivity contribution in [3.05, 3.63) is 28.8 Å². The molecule has 3 rings (SSSR count). The molecule has 1 aliphatic heterocycles. The second-order valence-corrected chi connectivity index (χ2v) is 7.73. The van der Waals surface area contributed by atoms with Gasteiger partial charge in [-0.15, -0.1) is 0 Å². The van der Waals surface area contributed by atoms with Gasteiger partial charge in [-0.2, -0.15) is 0 Å². The first kappa shape index (κ1) is 19.3. The highest BCUT2D eigenvalue weighted by Gasteiger charge is 2.37. The zero-order valence-corrected chi connectivity index (χ0v) is 16.6. The molecule has 0 unspecified atom stereocenters. The number of nitrogens with one attached hydrogen (secondary N) is 2. The largest absolute Gasteiger partial charge is 0.496 e. The molecule has 1 aliphatic carbocycles. The summed E-state index contributed by atoms with van der Waals surface area (Å²) >= 11 is 6.32. The van der Waals surface area contributed by atoms with Crippen LogP contribution < -0.4 is 15.4 Å². The fourth-order valence-corrected chi connectivity index (χ4v) is 4.28. The highest BCUT2D eigenvalue weighted by molar-refractivity contribution is 6.30. The molecule has 1 aromatic rings. The van der Waals surface area contributed by atoms with E-state index in [1.54, 1.807) is 7.11 Å². The molecule has 1 saturated carbocycles. The number of benzene rings is 1. The highest BCUT2D eigenvalue weighted by Crippen LogP contribution is 2.40. The van der Waals surface area contributed by atoms with Crippen molar-refractivity contribution in [2.45, 2.75) is 50.0 Å². The third-order valence-electron chi connectivity index (χ3n) is 5.70. The maximum Gasteiger partial charge on any atom is 0.191 e. The molecule has 2 aliphatic rings. The zero-order valence-electron chi connectivity index (χ0n) is 15.8. The first-order valence-electron chi connectivity index (χ1n) is 9.56. The number of hydrogen-bond donors (Lipinski definition) is 2. The van der Waals surface area contributed by atoms with Crippen molar-refractivity contribution in [1.82, 2.24) is 10.6 Å². The van der Waals surface area contributed by atoms with E-state index in [1.807, 2.05) is 25.2 Å². The van der Waals surface area contributed by atoms with Gasteiger partial charge in [-0.05, 0) is 43.9 Å². The van der Waals surface area contributed by atoms with E-state index >= 15 is 0 Å². The van der Waals surface area contributed by atoms with Gasteiger partial charge in [0.2, 0.25) is 0 Å². The first-order chi connectivity index (χ1) is 12.7. The van der Waals surface area contributed by atoms with Crippen molar-refractivity contribution < 1.29 is 9.47 Å². The van der Waals surface area contributed by atoms with Crippen LogP contribution in [0.5, 0.6) is 5.75 Å². The summed E-state index contributed by atoms with van der Waals surface area (Å²) < 4.78 is 11.3. The van der Waals surface area contributed by atoms with Gasteiger partial charge in [0, 0.05) is 48.8 Å². The van der Waals surface area contributed by atoms with E-state index in [0.29, 0.717) is 6.04 Å². The van der Waals surface area contributed by atoms with E-state index < -0.39 is 0 Å². The predicted molar refractivity (Wildman–Crippen MR) is 106 cm³/mol. The molecular weight excluding hydrogens is 350 g/mol. The van der Waals surface area contributed by atoms with E-state index in [2.05, 4.69) is 15.6 Å². The first-order valence-corrected chi connectivity index (χ1v) is 9.93. The molecule has 1 saturated heterocycles. The lowest BCUT2D eigenvalue weighted by molar-refractivity contribution is 0.0505. The van der Waals surface area contributed by atoms with E-state index in [0.717, 1.165) is 54.9 Å². The molecule has 2 N–H and O–H groups in total. The summed E-state index contributed by atoms with van der Waals surface area (Å²) in [5.41, 5.74) is 1.07. The topological polar surface area (TPSA) is 54.9 Å². The number of hydrogen-bond acceptors (Lipinski definition) is 3. The number of methoxy groups -OCH3 is 1. The monoisotopic (exact) mass is 379 g/mol. The molecule has 26 heavy (non-hydrogen) atoms. The van der Waals surface area contributed by atoms with Gasteiger partial charge in [0.05, 0.1) is 7.11 Å². The Morgan fingerprint density at radius 2 is 2.04 bits per heavy atom. The number of halogens is 1.